The molecule has 0 fully saturated rings. The molecule has 0 aromatic rings. The van der Waals surface area contributed by atoms with Gasteiger partial charge in [-0.25, -0.2) is 0 Å². The number of hydrogen-bond acceptors (Lipinski definition) is 2. The molecule has 0 radical (unpaired) electrons. The fourth-order valence-electron chi connectivity index (χ4n) is 1.06. The van der Waals surface area contributed by atoms with E-state index < -0.39 is 0 Å². The summed E-state index contributed by atoms with van der Waals surface area (Å²) in [6.45, 7) is 4.34. The van der Waals surface area contributed by atoms with E-state index >= 15 is 0 Å². The zero-order valence-electron chi connectivity index (χ0n) is 8.52. The molecule has 1 N–H and O–H groups in total. The summed E-state index contributed by atoms with van der Waals surface area (Å²) in [5.41, 5.74) is 4.06. The second-order valence-corrected chi connectivity index (χ2v) is 2.88. The molecule has 0 aliphatic rings. The average Bonchev–Trinajstić information content (AvgIpc) is 2.10. The summed E-state index contributed by atoms with van der Waals surface area (Å²) in [5, 5.41) is 0. The molecular weight excluding hydrogens is 150 g/mol. The standard InChI is InChI=1S/C10H21NO/c1-4-6-7-8-9-10(5-2)11-12-3/h9,11H,4-8H2,1-3H3. The summed E-state index contributed by atoms with van der Waals surface area (Å²) in [6.07, 6.45) is 8.28. The highest BCUT2D eigenvalue weighted by molar-refractivity contribution is 4.95. The first kappa shape index (κ1) is 11.5. The van der Waals surface area contributed by atoms with Crippen molar-refractivity contribution in [3.63, 3.8) is 0 Å². The van der Waals surface area contributed by atoms with Gasteiger partial charge in [0.15, 0.2) is 0 Å². The molecule has 0 bridgehead atoms. The van der Waals surface area contributed by atoms with Crippen LogP contribution in [0.25, 0.3) is 0 Å². The summed E-state index contributed by atoms with van der Waals surface area (Å²) in [7, 11) is 1.65. The highest BCUT2D eigenvalue weighted by atomic mass is 16.6. The summed E-state index contributed by atoms with van der Waals surface area (Å²) < 4.78 is 0. The molecule has 2 nitrogen and oxygen atoms in total. The first-order chi connectivity index (χ1) is 5.85. The Kier molecular flexibility index (Phi) is 8.24. The van der Waals surface area contributed by atoms with Crippen LogP contribution in [0.2, 0.25) is 0 Å². The Balaban J connectivity index is 3.48. The zero-order chi connectivity index (χ0) is 9.23. The molecule has 0 amide bonds. The van der Waals surface area contributed by atoms with Crippen molar-refractivity contribution < 1.29 is 4.84 Å². The van der Waals surface area contributed by atoms with E-state index in [0.29, 0.717) is 0 Å². The maximum Gasteiger partial charge on any atom is 0.0636 e. The second kappa shape index (κ2) is 8.60. The molecule has 0 aliphatic carbocycles. The van der Waals surface area contributed by atoms with Gasteiger partial charge in [-0.15, -0.1) is 0 Å². The van der Waals surface area contributed by atoms with Crippen molar-refractivity contribution in [2.45, 2.75) is 46.0 Å². The van der Waals surface area contributed by atoms with Crippen molar-refractivity contribution in [1.82, 2.24) is 5.48 Å². The highest BCUT2D eigenvalue weighted by Crippen LogP contribution is 2.03. The third-order valence-electron chi connectivity index (χ3n) is 1.81. The Labute approximate surface area is 76.0 Å². The molecule has 2 heteroatoms. The van der Waals surface area contributed by atoms with Crippen LogP contribution >= 0.6 is 0 Å². The zero-order valence-corrected chi connectivity index (χ0v) is 8.52. The van der Waals surface area contributed by atoms with Crippen molar-refractivity contribution >= 4 is 0 Å². The first-order valence-electron chi connectivity index (χ1n) is 4.83. The Bertz CT molecular complexity index is 121. The molecular formula is C10H21NO. The molecule has 0 atom stereocenters. The van der Waals surface area contributed by atoms with E-state index in [1.54, 1.807) is 7.11 Å². The van der Waals surface area contributed by atoms with Crippen LogP contribution in [0.1, 0.15) is 46.0 Å². The molecule has 0 aromatic heterocycles. The van der Waals surface area contributed by atoms with E-state index in [4.69, 9.17) is 4.84 Å². The minimum absolute atomic E-state index is 1.01. The molecule has 12 heavy (non-hydrogen) atoms. The van der Waals surface area contributed by atoms with E-state index in [1.165, 1.54) is 25.0 Å². The lowest BCUT2D eigenvalue weighted by molar-refractivity contribution is 0.115. The third-order valence-corrected chi connectivity index (χ3v) is 1.81. The molecule has 0 saturated carbocycles. The average molecular weight is 171 g/mol. The van der Waals surface area contributed by atoms with Crippen LogP contribution in [0.5, 0.6) is 0 Å². The van der Waals surface area contributed by atoms with Crippen molar-refractivity contribution in [3.8, 4) is 0 Å². The predicted octanol–water partition coefficient (Wildman–Crippen LogP) is 3.01. The van der Waals surface area contributed by atoms with Gasteiger partial charge in [0.05, 0.1) is 7.11 Å². The molecule has 0 rings (SSSR count). The third kappa shape index (κ3) is 6.23. The van der Waals surface area contributed by atoms with Crippen LogP contribution < -0.4 is 5.48 Å². The number of allylic oxidation sites excluding steroid dienone is 2. The molecule has 0 aromatic carbocycles. The smallest absolute Gasteiger partial charge is 0.0636 e. The van der Waals surface area contributed by atoms with Crippen molar-refractivity contribution in [3.05, 3.63) is 11.8 Å². The van der Waals surface area contributed by atoms with Gasteiger partial charge in [0, 0.05) is 5.70 Å². The van der Waals surface area contributed by atoms with Gasteiger partial charge in [0.1, 0.15) is 0 Å². The largest absolute Gasteiger partial charge is 0.280 e. The topological polar surface area (TPSA) is 21.3 Å². The van der Waals surface area contributed by atoms with E-state index in [9.17, 15) is 0 Å². The van der Waals surface area contributed by atoms with Gasteiger partial charge in [-0.05, 0) is 19.3 Å². The molecule has 0 spiro atoms. The van der Waals surface area contributed by atoms with Crippen LogP contribution in [0.15, 0.2) is 11.8 Å². The molecule has 72 valence electrons. The van der Waals surface area contributed by atoms with E-state index in [1.807, 2.05) is 0 Å². The Morgan fingerprint density at radius 3 is 2.58 bits per heavy atom. The lowest BCUT2D eigenvalue weighted by atomic mass is 10.2. The van der Waals surface area contributed by atoms with Gasteiger partial charge in [-0.2, -0.15) is 0 Å². The van der Waals surface area contributed by atoms with Crippen LogP contribution in [-0.2, 0) is 4.84 Å². The number of hydrogen-bond donors (Lipinski definition) is 1. The first-order valence-corrected chi connectivity index (χ1v) is 4.83. The molecule has 0 unspecified atom stereocenters. The lowest BCUT2D eigenvalue weighted by Gasteiger charge is -2.05. The summed E-state index contributed by atoms with van der Waals surface area (Å²) in [6, 6.07) is 0. The summed E-state index contributed by atoms with van der Waals surface area (Å²) in [4.78, 5) is 4.83. The molecule has 0 heterocycles. The van der Waals surface area contributed by atoms with E-state index in [2.05, 4.69) is 25.4 Å². The Hall–Kier alpha value is -0.500. The SMILES string of the molecule is CCCCCC=C(CC)NOC. The Morgan fingerprint density at radius 1 is 1.33 bits per heavy atom. The maximum atomic E-state index is 4.83. The van der Waals surface area contributed by atoms with E-state index in [0.717, 1.165) is 12.8 Å². The minimum atomic E-state index is 1.01. The second-order valence-electron chi connectivity index (χ2n) is 2.88. The molecule has 0 aliphatic heterocycles. The Morgan fingerprint density at radius 2 is 2.08 bits per heavy atom. The van der Waals surface area contributed by atoms with Crippen molar-refractivity contribution in [1.29, 1.82) is 0 Å². The lowest BCUT2D eigenvalue weighted by Crippen LogP contribution is -2.10. The van der Waals surface area contributed by atoms with Gasteiger partial charge >= 0.3 is 0 Å². The van der Waals surface area contributed by atoms with Crippen LogP contribution in [0.4, 0.5) is 0 Å². The van der Waals surface area contributed by atoms with Gasteiger partial charge in [0.25, 0.3) is 0 Å². The normalized spacial score (nSPS) is 11.8. The van der Waals surface area contributed by atoms with Crippen LogP contribution in [0, 0.1) is 0 Å². The van der Waals surface area contributed by atoms with Crippen molar-refractivity contribution in [2.75, 3.05) is 7.11 Å². The van der Waals surface area contributed by atoms with Gasteiger partial charge in [-0.3, -0.25) is 10.3 Å². The number of unbranched alkanes of at least 4 members (excludes halogenated alkanes) is 3. The van der Waals surface area contributed by atoms with Gasteiger partial charge < -0.3 is 0 Å². The number of hydroxylamine groups is 1. The van der Waals surface area contributed by atoms with Crippen LogP contribution in [0.3, 0.4) is 0 Å². The van der Waals surface area contributed by atoms with Crippen molar-refractivity contribution in [2.24, 2.45) is 0 Å². The molecule has 0 saturated heterocycles. The van der Waals surface area contributed by atoms with Crippen LogP contribution in [-0.4, -0.2) is 7.11 Å². The maximum absolute atomic E-state index is 4.83. The van der Waals surface area contributed by atoms with E-state index in [-0.39, 0.29) is 0 Å². The number of nitrogens with one attached hydrogen (secondary N) is 1. The predicted molar refractivity (Wildman–Crippen MR) is 52.7 cm³/mol. The number of rotatable bonds is 7. The minimum Gasteiger partial charge on any atom is -0.280 e. The fraction of sp³-hybridized carbons (Fsp3) is 0.800. The quantitative estimate of drug-likeness (QED) is 0.469. The summed E-state index contributed by atoms with van der Waals surface area (Å²) in [5.74, 6) is 0. The summed E-state index contributed by atoms with van der Waals surface area (Å²) >= 11 is 0. The fourth-order valence-corrected chi connectivity index (χ4v) is 1.06. The van der Waals surface area contributed by atoms with Gasteiger partial charge in [-0.1, -0.05) is 32.8 Å². The highest BCUT2D eigenvalue weighted by Gasteiger charge is 1.90. The van der Waals surface area contributed by atoms with Gasteiger partial charge in [0.2, 0.25) is 0 Å². The monoisotopic (exact) mass is 171 g/mol.